The third-order valence-corrected chi connectivity index (χ3v) is 6.50. The summed E-state index contributed by atoms with van der Waals surface area (Å²) in [6.07, 6.45) is 10.2. The molecule has 0 saturated carbocycles. The van der Waals surface area contributed by atoms with E-state index >= 15 is 0 Å². The van der Waals surface area contributed by atoms with Crippen LogP contribution in [0.15, 0.2) is 73.6 Å². The Bertz CT molecular complexity index is 960. The van der Waals surface area contributed by atoms with Gasteiger partial charge in [0.2, 0.25) is 0 Å². The zero-order valence-electron chi connectivity index (χ0n) is 17.0. The van der Waals surface area contributed by atoms with Gasteiger partial charge in [-0.25, -0.2) is 4.98 Å². The van der Waals surface area contributed by atoms with Crippen molar-refractivity contribution in [2.24, 2.45) is 11.8 Å². The monoisotopic (exact) mass is 401 g/mol. The lowest BCUT2D eigenvalue weighted by molar-refractivity contribution is 0.0700. The maximum absolute atomic E-state index is 13.3. The van der Waals surface area contributed by atoms with Crippen molar-refractivity contribution in [3.05, 3.63) is 84.7 Å². The average molecular weight is 402 g/mol. The van der Waals surface area contributed by atoms with Crippen LogP contribution in [0.5, 0.6) is 0 Å². The molecule has 0 aliphatic carbocycles. The highest BCUT2D eigenvalue weighted by atomic mass is 16.2. The molecule has 1 aromatic carbocycles. The Kier molecular flexibility index (Phi) is 5.32. The van der Waals surface area contributed by atoms with Crippen LogP contribution in [0.25, 0.3) is 0 Å². The minimum Gasteiger partial charge on any atom is -0.337 e. The highest BCUT2D eigenvalue weighted by molar-refractivity contribution is 5.94. The van der Waals surface area contributed by atoms with E-state index in [2.05, 4.69) is 48.6 Å². The molecule has 154 valence electrons. The highest BCUT2D eigenvalue weighted by Gasteiger charge is 2.48. The van der Waals surface area contributed by atoms with E-state index in [4.69, 9.17) is 0 Å². The quantitative estimate of drug-likeness (QED) is 0.637. The van der Waals surface area contributed by atoms with E-state index < -0.39 is 0 Å². The number of fused-ring (bicyclic) bond motifs is 1. The number of likely N-dealkylation sites (tertiary alicyclic amines) is 2. The number of aryl methyl sites for hydroxylation is 1. The Hall–Kier alpha value is -2.99. The van der Waals surface area contributed by atoms with E-state index in [0.717, 1.165) is 39.1 Å². The van der Waals surface area contributed by atoms with Crippen LogP contribution in [-0.4, -0.2) is 56.4 Å². The summed E-state index contributed by atoms with van der Waals surface area (Å²) in [6, 6.07) is 14.4. The molecule has 0 radical (unpaired) electrons. The lowest BCUT2D eigenvalue weighted by Crippen LogP contribution is -2.36. The van der Waals surface area contributed by atoms with Crippen LogP contribution in [0.2, 0.25) is 0 Å². The number of nitrogens with zero attached hydrogens (tertiary/aromatic N) is 5. The summed E-state index contributed by atoms with van der Waals surface area (Å²) in [4.78, 5) is 26.2. The Morgan fingerprint density at radius 3 is 2.63 bits per heavy atom. The normalized spacial score (nSPS) is 23.6. The first-order valence-corrected chi connectivity index (χ1v) is 10.7. The predicted molar refractivity (Wildman–Crippen MR) is 115 cm³/mol. The van der Waals surface area contributed by atoms with Crippen molar-refractivity contribution in [1.82, 2.24) is 24.3 Å². The van der Waals surface area contributed by atoms with Crippen molar-refractivity contribution >= 4 is 5.91 Å². The molecule has 5 rings (SSSR count). The molecule has 0 spiro atoms. The second-order valence-corrected chi connectivity index (χ2v) is 8.39. The Morgan fingerprint density at radius 1 is 0.967 bits per heavy atom. The number of rotatable bonds is 6. The van der Waals surface area contributed by atoms with Gasteiger partial charge in [-0.3, -0.25) is 9.78 Å². The predicted octanol–water partition coefficient (Wildman–Crippen LogP) is 3.11. The van der Waals surface area contributed by atoms with Gasteiger partial charge in [-0.15, -0.1) is 0 Å². The third kappa shape index (κ3) is 3.75. The molecular weight excluding hydrogens is 374 g/mol. The van der Waals surface area contributed by atoms with Crippen LogP contribution < -0.4 is 0 Å². The summed E-state index contributed by atoms with van der Waals surface area (Å²) in [5, 5.41) is 0. The smallest absolute Gasteiger partial charge is 0.255 e. The highest BCUT2D eigenvalue weighted by Crippen LogP contribution is 2.45. The van der Waals surface area contributed by atoms with Gasteiger partial charge in [0.25, 0.3) is 5.91 Å². The lowest BCUT2D eigenvalue weighted by Gasteiger charge is -2.30. The molecule has 0 N–H and O–H groups in total. The summed E-state index contributed by atoms with van der Waals surface area (Å²) in [6.45, 7) is 5.01. The molecule has 0 bridgehead atoms. The van der Waals surface area contributed by atoms with Crippen LogP contribution in [0, 0.1) is 11.8 Å². The standard InChI is InChI=1S/C24H27N5O/c30-24(20-8-4-9-25-14-20)29-16-21-15-28(12-5-11-27-13-10-26-18-27)17-22(21)23(29)19-6-2-1-3-7-19/h1-4,6-10,13-14,18,21-23H,5,11-12,15-17H2/t21-,22-,23+/m0/s1. The number of aromatic nitrogens is 3. The molecule has 2 aromatic heterocycles. The zero-order chi connectivity index (χ0) is 20.3. The maximum atomic E-state index is 13.3. The second kappa shape index (κ2) is 8.40. The van der Waals surface area contributed by atoms with Gasteiger partial charge in [-0.2, -0.15) is 0 Å². The van der Waals surface area contributed by atoms with Crippen LogP contribution >= 0.6 is 0 Å². The number of carbonyl (C=O) groups is 1. The van der Waals surface area contributed by atoms with E-state index in [-0.39, 0.29) is 11.9 Å². The van der Waals surface area contributed by atoms with Gasteiger partial charge in [-0.05, 0) is 36.6 Å². The Balaban J connectivity index is 1.31. The minimum absolute atomic E-state index is 0.0954. The Morgan fingerprint density at radius 2 is 1.87 bits per heavy atom. The SMILES string of the molecule is O=C(c1cccnc1)N1C[C@@H]2CN(CCCn3ccnc3)C[C@@H]2[C@H]1c1ccccc1. The number of pyridine rings is 1. The molecule has 2 saturated heterocycles. The average Bonchev–Trinajstić information content (AvgIpc) is 3.51. The number of hydrogen-bond acceptors (Lipinski definition) is 4. The third-order valence-electron chi connectivity index (χ3n) is 6.50. The van der Waals surface area contributed by atoms with Crippen LogP contribution in [0.3, 0.4) is 0 Å². The maximum Gasteiger partial charge on any atom is 0.255 e. The molecule has 2 aliphatic rings. The van der Waals surface area contributed by atoms with Crippen LogP contribution in [0.4, 0.5) is 0 Å². The number of imidazole rings is 1. The number of benzene rings is 1. The molecule has 4 heterocycles. The fourth-order valence-electron chi connectivity index (χ4n) is 5.16. The summed E-state index contributed by atoms with van der Waals surface area (Å²) in [5.41, 5.74) is 1.91. The van der Waals surface area contributed by atoms with Crippen LogP contribution in [0.1, 0.15) is 28.4 Å². The van der Waals surface area contributed by atoms with Gasteiger partial charge in [-0.1, -0.05) is 30.3 Å². The van der Waals surface area contributed by atoms with Gasteiger partial charge in [0.05, 0.1) is 17.9 Å². The fourth-order valence-corrected chi connectivity index (χ4v) is 5.16. The van der Waals surface area contributed by atoms with Crippen molar-refractivity contribution in [3.8, 4) is 0 Å². The molecule has 2 fully saturated rings. The zero-order valence-corrected chi connectivity index (χ0v) is 17.0. The molecule has 6 heteroatoms. The van der Waals surface area contributed by atoms with Gasteiger partial charge < -0.3 is 14.4 Å². The van der Waals surface area contributed by atoms with Crippen molar-refractivity contribution in [1.29, 1.82) is 0 Å². The molecule has 2 aliphatic heterocycles. The molecule has 30 heavy (non-hydrogen) atoms. The van der Waals surface area contributed by atoms with Gasteiger partial charge in [0, 0.05) is 56.9 Å². The lowest BCUT2D eigenvalue weighted by atomic mass is 9.89. The molecule has 0 unspecified atom stereocenters. The topological polar surface area (TPSA) is 54.3 Å². The molecule has 1 amide bonds. The summed E-state index contributed by atoms with van der Waals surface area (Å²) in [5.74, 6) is 1.09. The van der Waals surface area contributed by atoms with E-state index in [1.54, 1.807) is 12.4 Å². The molecular formula is C24H27N5O. The summed E-state index contributed by atoms with van der Waals surface area (Å²) < 4.78 is 2.14. The summed E-state index contributed by atoms with van der Waals surface area (Å²) in [7, 11) is 0. The van der Waals surface area contributed by atoms with E-state index in [9.17, 15) is 4.79 Å². The number of amides is 1. The van der Waals surface area contributed by atoms with Gasteiger partial charge in [0.15, 0.2) is 0 Å². The minimum atomic E-state index is 0.0954. The first-order chi connectivity index (χ1) is 14.8. The van der Waals surface area contributed by atoms with E-state index in [1.165, 1.54) is 5.56 Å². The van der Waals surface area contributed by atoms with Gasteiger partial charge in [0.1, 0.15) is 0 Å². The fraction of sp³-hybridized carbons (Fsp3) is 0.375. The van der Waals surface area contributed by atoms with Crippen molar-refractivity contribution in [2.45, 2.75) is 19.0 Å². The van der Waals surface area contributed by atoms with Crippen molar-refractivity contribution in [2.75, 3.05) is 26.2 Å². The van der Waals surface area contributed by atoms with Crippen molar-refractivity contribution in [3.63, 3.8) is 0 Å². The van der Waals surface area contributed by atoms with Crippen molar-refractivity contribution < 1.29 is 4.79 Å². The van der Waals surface area contributed by atoms with Crippen LogP contribution in [-0.2, 0) is 6.54 Å². The number of carbonyl (C=O) groups excluding carboxylic acids is 1. The molecule has 6 nitrogen and oxygen atoms in total. The first kappa shape index (κ1) is 19.0. The summed E-state index contributed by atoms with van der Waals surface area (Å²) >= 11 is 0. The Labute approximate surface area is 177 Å². The van der Waals surface area contributed by atoms with E-state index in [1.807, 2.05) is 36.9 Å². The molecule has 3 atom stereocenters. The first-order valence-electron chi connectivity index (χ1n) is 10.7. The largest absolute Gasteiger partial charge is 0.337 e. The number of hydrogen-bond donors (Lipinski definition) is 0. The molecule has 3 aromatic rings. The van der Waals surface area contributed by atoms with E-state index in [0.29, 0.717) is 17.4 Å². The van der Waals surface area contributed by atoms with Gasteiger partial charge >= 0.3 is 0 Å². The second-order valence-electron chi connectivity index (χ2n) is 8.39.